The van der Waals surface area contributed by atoms with Gasteiger partial charge in [-0.05, 0) is 25.2 Å². The Morgan fingerprint density at radius 2 is 1.69 bits per heavy atom. The molecule has 3 nitrogen and oxygen atoms in total. The van der Waals surface area contributed by atoms with Gasteiger partial charge in [-0.1, -0.05) is 13.8 Å². The zero-order valence-electron chi connectivity index (χ0n) is 8.76. The van der Waals surface area contributed by atoms with E-state index in [1.165, 1.54) is 6.42 Å². The largest absolute Gasteiger partial charge is 0.481 e. The third-order valence-corrected chi connectivity index (χ3v) is 2.51. The molecule has 0 aromatic carbocycles. The van der Waals surface area contributed by atoms with Crippen LogP contribution in [0.2, 0.25) is 0 Å². The summed E-state index contributed by atoms with van der Waals surface area (Å²) in [6.07, 6.45) is 2.33. The molecule has 1 rings (SSSR count). The van der Waals surface area contributed by atoms with E-state index in [2.05, 4.69) is 13.8 Å². The van der Waals surface area contributed by atoms with Crippen LogP contribution < -0.4 is 0 Å². The van der Waals surface area contributed by atoms with Crippen molar-refractivity contribution in [1.82, 2.24) is 0 Å². The Balaban J connectivity index is 0.000000310. The molecular weight excluding hydrogens is 168 g/mol. The van der Waals surface area contributed by atoms with Crippen LogP contribution >= 0.6 is 0 Å². The predicted molar refractivity (Wildman–Crippen MR) is 50.5 cm³/mol. The Morgan fingerprint density at radius 3 is 1.69 bits per heavy atom. The molecule has 1 aliphatic carbocycles. The normalized spacial score (nSPS) is 23.5. The second-order valence-electron chi connectivity index (χ2n) is 4.21. The quantitative estimate of drug-likeness (QED) is 0.682. The summed E-state index contributed by atoms with van der Waals surface area (Å²) in [5.74, 6) is -0.108. The van der Waals surface area contributed by atoms with E-state index in [4.69, 9.17) is 9.90 Å². The highest BCUT2D eigenvalue weighted by molar-refractivity contribution is 5.80. The monoisotopic (exact) mass is 186 g/mol. The first-order valence-electron chi connectivity index (χ1n) is 4.47. The second kappa shape index (κ2) is 4.40. The number of Topliss-reactive ketones (excluding diaryl/α,β-unsaturated/α-hetero) is 1. The van der Waals surface area contributed by atoms with Crippen LogP contribution in [0.25, 0.3) is 0 Å². The van der Waals surface area contributed by atoms with Crippen molar-refractivity contribution in [3.8, 4) is 0 Å². The first-order valence-corrected chi connectivity index (χ1v) is 4.47. The lowest BCUT2D eigenvalue weighted by molar-refractivity contribution is -0.134. The van der Waals surface area contributed by atoms with Crippen molar-refractivity contribution in [3.05, 3.63) is 0 Å². The van der Waals surface area contributed by atoms with E-state index in [1.54, 1.807) is 6.92 Å². The van der Waals surface area contributed by atoms with Gasteiger partial charge in [0.25, 0.3) is 5.97 Å². The van der Waals surface area contributed by atoms with Crippen LogP contribution in [0.1, 0.15) is 40.5 Å². The van der Waals surface area contributed by atoms with Gasteiger partial charge in [-0.3, -0.25) is 9.59 Å². The molecule has 0 heterocycles. The SMILES string of the molecule is CC(=O)C1CCC1(C)C.CC(=O)O. The number of rotatable bonds is 1. The Labute approximate surface area is 79.1 Å². The Bertz CT molecular complexity index is 202. The molecule has 0 aliphatic heterocycles. The summed E-state index contributed by atoms with van der Waals surface area (Å²) in [7, 11) is 0. The molecule has 0 saturated heterocycles. The minimum atomic E-state index is -0.833. The van der Waals surface area contributed by atoms with Gasteiger partial charge in [0.05, 0.1) is 0 Å². The summed E-state index contributed by atoms with van der Waals surface area (Å²) < 4.78 is 0. The van der Waals surface area contributed by atoms with Crippen molar-refractivity contribution in [3.63, 3.8) is 0 Å². The molecule has 3 heteroatoms. The Kier molecular flexibility index (Phi) is 4.11. The van der Waals surface area contributed by atoms with Crippen molar-refractivity contribution >= 4 is 11.8 Å². The molecule has 76 valence electrons. The van der Waals surface area contributed by atoms with E-state index < -0.39 is 5.97 Å². The van der Waals surface area contributed by atoms with Gasteiger partial charge in [-0.2, -0.15) is 0 Å². The van der Waals surface area contributed by atoms with Gasteiger partial charge in [0.15, 0.2) is 0 Å². The van der Waals surface area contributed by atoms with Gasteiger partial charge in [0, 0.05) is 12.8 Å². The zero-order valence-corrected chi connectivity index (χ0v) is 8.76. The van der Waals surface area contributed by atoms with Gasteiger partial charge in [0.1, 0.15) is 5.78 Å². The fourth-order valence-corrected chi connectivity index (χ4v) is 1.62. The lowest BCUT2D eigenvalue weighted by Gasteiger charge is -2.42. The van der Waals surface area contributed by atoms with Crippen molar-refractivity contribution in [1.29, 1.82) is 0 Å². The summed E-state index contributed by atoms with van der Waals surface area (Å²) >= 11 is 0. The molecule has 1 unspecified atom stereocenters. The molecule has 1 aliphatic rings. The number of hydrogen-bond acceptors (Lipinski definition) is 2. The maximum Gasteiger partial charge on any atom is 0.300 e. The maximum atomic E-state index is 10.8. The molecule has 0 aromatic heterocycles. The number of aliphatic carboxylic acids is 1. The summed E-state index contributed by atoms with van der Waals surface area (Å²) in [6.45, 7) is 7.12. The highest BCUT2D eigenvalue weighted by atomic mass is 16.4. The summed E-state index contributed by atoms with van der Waals surface area (Å²) in [4.78, 5) is 19.8. The molecular formula is C10H18O3. The van der Waals surface area contributed by atoms with E-state index in [9.17, 15) is 4.79 Å². The molecule has 1 N–H and O–H groups in total. The molecule has 1 fully saturated rings. The van der Waals surface area contributed by atoms with E-state index >= 15 is 0 Å². The molecule has 13 heavy (non-hydrogen) atoms. The number of carboxylic acids is 1. The van der Waals surface area contributed by atoms with Crippen LogP contribution in [0, 0.1) is 11.3 Å². The summed E-state index contributed by atoms with van der Waals surface area (Å²) in [5.41, 5.74) is 0.311. The molecule has 0 bridgehead atoms. The van der Waals surface area contributed by atoms with E-state index in [0.717, 1.165) is 13.3 Å². The smallest absolute Gasteiger partial charge is 0.300 e. The minimum absolute atomic E-state index is 0.311. The molecule has 0 aromatic rings. The highest BCUT2D eigenvalue weighted by Crippen LogP contribution is 2.46. The fourth-order valence-electron chi connectivity index (χ4n) is 1.62. The van der Waals surface area contributed by atoms with Gasteiger partial charge in [-0.25, -0.2) is 0 Å². The number of carboxylic acid groups (broad SMARTS) is 1. The van der Waals surface area contributed by atoms with E-state index in [1.807, 2.05) is 0 Å². The van der Waals surface area contributed by atoms with Crippen LogP contribution in [-0.2, 0) is 9.59 Å². The topological polar surface area (TPSA) is 54.4 Å². The Hall–Kier alpha value is -0.860. The number of ketones is 1. The molecule has 1 saturated carbocycles. The van der Waals surface area contributed by atoms with Crippen molar-refractivity contribution in [2.24, 2.45) is 11.3 Å². The first-order chi connectivity index (χ1) is 5.77. The Morgan fingerprint density at radius 1 is 1.31 bits per heavy atom. The van der Waals surface area contributed by atoms with Gasteiger partial charge >= 0.3 is 0 Å². The summed E-state index contributed by atoms with van der Waals surface area (Å²) in [5, 5.41) is 7.42. The van der Waals surface area contributed by atoms with Crippen molar-refractivity contribution in [2.75, 3.05) is 0 Å². The maximum absolute atomic E-state index is 10.8. The van der Waals surface area contributed by atoms with E-state index in [0.29, 0.717) is 17.1 Å². The van der Waals surface area contributed by atoms with Gasteiger partial charge in [0.2, 0.25) is 0 Å². The lowest BCUT2D eigenvalue weighted by atomic mass is 9.61. The zero-order chi connectivity index (χ0) is 10.6. The van der Waals surface area contributed by atoms with Crippen LogP contribution in [-0.4, -0.2) is 16.9 Å². The average molecular weight is 186 g/mol. The van der Waals surface area contributed by atoms with Gasteiger partial charge in [-0.15, -0.1) is 0 Å². The predicted octanol–water partition coefficient (Wildman–Crippen LogP) is 2.10. The first kappa shape index (κ1) is 12.1. The summed E-state index contributed by atoms with van der Waals surface area (Å²) in [6, 6.07) is 0. The third kappa shape index (κ3) is 4.06. The van der Waals surface area contributed by atoms with Gasteiger partial charge < -0.3 is 5.11 Å². The van der Waals surface area contributed by atoms with Crippen LogP contribution in [0.5, 0.6) is 0 Å². The van der Waals surface area contributed by atoms with Crippen molar-refractivity contribution in [2.45, 2.75) is 40.5 Å². The molecule has 1 atom stereocenters. The lowest BCUT2D eigenvalue weighted by Crippen LogP contribution is -2.38. The number of hydrogen-bond donors (Lipinski definition) is 1. The highest BCUT2D eigenvalue weighted by Gasteiger charge is 2.40. The van der Waals surface area contributed by atoms with Crippen LogP contribution in [0.4, 0.5) is 0 Å². The molecule has 0 amide bonds. The minimum Gasteiger partial charge on any atom is -0.481 e. The van der Waals surface area contributed by atoms with Crippen molar-refractivity contribution < 1.29 is 14.7 Å². The second-order valence-corrected chi connectivity index (χ2v) is 4.21. The standard InChI is InChI=1S/C8H14O.C2H4O2/c1-6(9)7-4-5-8(7,2)3;1-2(3)4/h7H,4-5H2,1-3H3;1H3,(H,3,4). The van der Waals surface area contributed by atoms with Crippen LogP contribution in [0.15, 0.2) is 0 Å². The van der Waals surface area contributed by atoms with E-state index in [-0.39, 0.29) is 0 Å². The molecule has 0 spiro atoms. The van der Waals surface area contributed by atoms with Crippen LogP contribution in [0.3, 0.4) is 0 Å². The average Bonchev–Trinajstić information content (AvgIpc) is 1.82. The number of carbonyl (C=O) groups excluding carboxylic acids is 1. The number of carbonyl (C=O) groups is 2. The fraction of sp³-hybridized carbons (Fsp3) is 0.800. The molecule has 0 radical (unpaired) electrons. The third-order valence-electron chi connectivity index (χ3n) is 2.51.